The van der Waals surface area contributed by atoms with Gasteiger partial charge in [-0.1, -0.05) is 0 Å². The molecule has 1 saturated heterocycles. The average Bonchev–Trinajstić information content (AvgIpc) is 2.71. The van der Waals surface area contributed by atoms with Crippen LogP contribution in [0.4, 0.5) is 0 Å². The first kappa shape index (κ1) is 10.6. The van der Waals surface area contributed by atoms with Crippen LogP contribution in [0.3, 0.4) is 0 Å². The molecule has 2 rings (SSSR count). The van der Waals surface area contributed by atoms with E-state index >= 15 is 0 Å². The van der Waals surface area contributed by atoms with Crippen LogP contribution < -0.4 is 5.32 Å². The van der Waals surface area contributed by atoms with Crippen LogP contribution in [0.5, 0.6) is 0 Å². The average molecular weight is 210 g/mol. The molecule has 0 radical (unpaired) electrons. The second-order valence-corrected chi connectivity index (χ2v) is 4.42. The summed E-state index contributed by atoms with van der Waals surface area (Å²) in [7, 11) is 0. The zero-order valence-electron chi connectivity index (χ0n) is 9.44. The molecule has 2 atom stereocenters. The van der Waals surface area contributed by atoms with Crippen LogP contribution >= 0.6 is 0 Å². The highest BCUT2D eigenvalue weighted by Gasteiger charge is 2.28. The van der Waals surface area contributed by atoms with Gasteiger partial charge < -0.3 is 15.0 Å². The van der Waals surface area contributed by atoms with E-state index in [9.17, 15) is 5.11 Å². The van der Waals surface area contributed by atoms with Crippen LogP contribution in [0.1, 0.15) is 44.0 Å². The molecule has 1 aromatic heterocycles. The molecule has 0 bridgehead atoms. The number of rotatable bonds is 2. The normalized spacial score (nSPS) is 26.5. The molecule has 0 amide bonds. The summed E-state index contributed by atoms with van der Waals surface area (Å²) in [5, 5.41) is 21.0. The SMILES string of the molecule is Cc1nnc([C@@H]2C[C@@H](O)CN2)n1C(C)C. The molecule has 0 aromatic carbocycles. The molecule has 0 spiro atoms. The van der Waals surface area contributed by atoms with Gasteiger partial charge in [0, 0.05) is 12.6 Å². The second-order valence-electron chi connectivity index (χ2n) is 4.42. The molecule has 0 unspecified atom stereocenters. The van der Waals surface area contributed by atoms with E-state index in [0.29, 0.717) is 12.6 Å². The van der Waals surface area contributed by atoms with E-state index < -0.39 is 0 Å². The lowest BCUT2D eigenvalue weighted by Crippen LogP contribution is -2.20. The summed E-state index contributed by atoms with van der Waals surface area (Å²) in [5.74, 6) is 1.88. The molecule has 0 aliphatic carbocycles. The van der Waals surface area contributed by atoms with Gasteiger partial charge in [-0.2, -0.15) is 0 Å². The first-order valence-corrected chi connectivity index (χ1v) is 5.42. The van der Waals surface area contributed by atoms with Crippen molar-refractivity contribution >= 4 is 0 Å². The third kappa shape index (κ3) is 1.89. The lowest BCUT2D eigenvalue weighted by atomic mass is 10.2. The third-order valence-corrected chi connectivity index (χ3v) is 2.83. The molecule has 1 aliphatic rings. The standard InChI is InChI=1S/C10H18N4O/c1-6(2)14-7(3)12-13-10(14)9-4-8(15)5-11-9/h6,8-9,11,15H,4-5H2,1-3H3/t8-,9+/m1/s1. The Labute approximate surface area is 89.5 Å². The molecule has 5 heteroatoms. The first-order valence-electron chi connectivity index (χ1n) is 5.42. The van der Waals surface area contributed by atoms with Crippen LogP contribution in [0.2, 0.25) is 0 Å². The molecular weight excluding hydrogens is 192 g/mol. The summed E-state index contributed by atoms with van der Waals surface area (Å²) in [5.41, 5.74) is 0. The molecule has 84 valence electrons. The van der Waals surface area contributed by atoms with Crippen molar-refractivity contribution in [3.63, 3.8) is 0 Å². The molecule has 2 heterocycles. The summed E-state index contributed by atoms with van der Waals surface area (Å²) in [4.78, 5) is 0. The van der Waals surface area contributed by atoms with Gasteiger partial charge in [0.15, 0.2) is 5.82 Å². The highest BCUT2D eigenvalue weighted by atomic mass is 16.3. The number of aryl methyl sites for hydroxylation is 1. The Bertz CT molecular complexity index is 347. The maximum absolute atomic E-state index is 9.48. The predicted molar refractivity (Wildman–Crippen MR) is 56.5 cm³/mol. The van der Waals surface area contributed by atoms with Gasteiger partial charge in [0.25, 0.3) is 0 Å². The number of aromatic nitrogens is 3. The molecule has 0 saturated carbocycles. The highest BCUT2D eigenvalue weighted by Crippen LogP contribution is 2.24. The van der Waals surface area contributed by atoms with Gasteiger partial charge in [-0.05, 0) is 27.2 Å². The quantitative estimate of drug-likeness (QED) is 0.749. The predicted octanol–water partition coefficient (Wildman–Crippen LogP) is 0.563. The van der Waals surface area contributed by atoms with Crippen LogP contribution in [0, 0.1) is 6.92 Å². The number of aliphatic hydroxyl groups excluding tert-OH is 1. The molecular formula is C10H18N4O. The topological polar surface area (TPSA) is 63.0 Å². The van der Waals surface area contributed by atoms with Crippen molar-refractivity contribution in [1.29, 1.82) is 0 Å². The molecule has 15 heavy (non-hydrogen) atoms. The first-order chi connectivity index (χ1) is 7.09. The van der Waals surface area contributed by atoms with Crippen molar-refractivity contribution in [3.05, 3.63) is 11.6 Å². The van der Waals surface area contributed by atoms with Crippen molar-refractivity contribution in [1.82, 2.24) is 20.1 Å². The van der Waals surface area contributed by atoms with E-state index in [1.807, 2.05) is 6.92 Å². The van der Waals surface area contributed by atoms with Gasteiger partial charge in [0.05, 0.1) is 12.1 Å². The molecule has 1 fully saturated rings. The zero-order valence-corrected chi connectivity index (χ0v) is 9.44. The largest absolute Gasteiger partial charge is 0.392 e. The summed E-state index contributed by atoms with van der Waals surface area (Å²) < 4.78 is 2.12. The minimum atomic E-state index is -0.257. The Morgan fingerprint density at radius 2 is 2.20 bits per heavy atom. The van der Waals surface area contributed by atoms with E-state index in [1.165, 1.54) is 0 Å². The van der Waals surface area contributed by atoms with Gasteiger partial charge in [0.2, 0.25) is 0 Å². The van der Waals surface area contributed by atoms with Crippen molar-refractivity contribution < 1.29 is 5.11 Å². The number of hydrogen-bond donors (Lipinski definition) is 2. The molecule has 1 aliphatic heterocycles. The van der Waals surface area contributed by atoms with E-state index in [4.69, 9.17) is 0 Å². The maximum Gasteiger partial charge on any atom is 0.150 e. The van der Waals surface area contributed by atoms with Crippen LogP contribution in [-0.2, 0) is 0 Å². The van der Waals surface area contributed by atoms with Crippen molar-refractivity contribution in [2.45, 2.75) is 45.4 Å². The van der Waals surface area contributed by atoms with Crippen molar-refractivity contribution in [2.24, 2.45) is 0 Å². The van der Waals surface area contributed by atoms with Gasteiger partial charge in [-0.25, -0.2) is 0 Å². The Balaban J connectivity index is 2.28. The summed E-state index contributed by atoms with van der Waals surface area (Å²) in [6, 6.07) is 0.498. The Kier molecular flexibility index (Phi) is 2.75. The van der Waals surface area contributed by atoms with Crippen molar-refractivity contribution in [3.8, 4) is 0 Å². The zero-order chi connectivity index (χ0) is 11.0. The van der Waals surface area contributed by atoms with Crippen LogP contribution in [-0.4, -0.2) is 32.5 Å². The minimum Gasteiger partial charge on any atom is -0.392 e. The second kappa shape index (κ2) is 3.90. The summed E-state index contributed by atoms with van der Waals surface area (Å²) in [6.07, 6.45) is 0.470. The van der Waals surface area contributed by atoms with Gasteiger partial charge in [-0.15, -0.1) is 10.2 Å². The van der Waals surface area contributed by atoms with E-state index in [2.05, 4.69) is 33.9 Å². The Morgan fingerprint density at radius 3 is 2.73 bits per heavy atom. The number of hydrogen-bond acceptors (Lipinski definition) is 4. The van der Waals surface area contributed by atoms with E-state index in [0.717, 1.165) is 18.1 Å². The smallest absolute Gasteiger partial charge is 0.150 e. The maximum atomic E-state index is 9.48. The Hall–Kier alpha value is -0.940. The minimum absolute atomic E-state index is 0.142. The highest BCUT2D eigenvalue weighted by molar-refractivity contribution is 5.04. The molecule has 5 nitrogen and oxygen atoms in total. The molecule has 2 N–H and O–H groups in total. The van der Waals surface area contributed by atoms with Crippen LogP contribution in [0.25, 0.3) is 0 Å². The summed E-state index contributed by atoms with van der Waals surface area (Å²) >= 11 is 0. The van der Waals surface area contributed by atoms with Gasteiger partial charge >= 0.3 is 0 Å². The lowest BCUT2D eigenvalue weighted by Gasteiger charge is -2.16. The van der Waals surface area contributed by atoms with Crippen molar-refractivity contribution in [2.75, 3.05) is 6.54 Å². The summed E-state index contributed by atoms with van der Waals surface area (Å²) in [6.45, 7) is 6.84. The number of nitrogens with zero attached hydrogens (tertiary/aromatic N) is 3. The van der Waals surface area contributed by atoms with E-state index in [1.54, 1.807) is 0 Å². The fraction of sp³-hybridized carbons (Fsp3) is 0.800. The van der Waals surface area contributed by atoms with E-state index in [-0.39, 0.29) is 12.1 Å². The fourth-order valence-electron chi connectivity index (χ4n) is 2.18. The van der Waals surface area contributed by atoms with Gasteiger partial charge in [0.1, 0.15) is 5.82 Å². The number of aliphatic hydroxyl groups is 1. The number of β-amino-alcohol motifs (C(OH)–C–C–N with tert-alkyl or cyclic N) is 1. The lowest BCUT2D eigenvalue weighted by molar-refractivity contribution is 0.192. The Morgan fingerprint density at radius 1 is 1.47 bits per heavy atom. The fourth-order valence-corrected chi connectivity index (χ4v) is 2.18. The number of nitrogens with one attached hydrogen (secondary N) is 1. The van der Waals surface area contributed by atoms with Gasteiger partial charge in [-0.3, -0.25) is 0 Å². The monoisotopic (exact) mass is 210 g/mol. The third-order valence-electron chi connectivity index (χ3n) is 2.83. The molecule has 1 aromatic rings. The van der Waals surface area contributed by atoms with Crippen LogP contribution in [0.15, 0.2) is 0 Å².